The van der Waals surface area contributed by atoms with Gasteiger partial charge in [-0.05, 0) is 64.2 Å². The van der Waals surface area contributed by atoms with Gasteiger partial charge in [-0.2, -0.15) is 0 Å². The Bertz CT molecular complexity index is 1180. The summed E-state index contributed by atoms with van der Waals surface area (Å²) in [6.07, 6.45) is 51.0. The standard InChI is InChI=1S/C46H80NO9P/c1-3-5-7-9-11-13-15-17-19-20-21-22-23-24-25-26-28-30-32-34-36-38-45(48)56-43(41-54-57(51,52)55-42-44(47)46(49)50)40-53-39-37-35-33-31-29-27-18-16-14-12-10-8-6-4-2/h5,7,11,13,17,19,21-22,24-25,28,30,43-44H,3-4,6,8-10,12,14-16,18,20,23,26-27,29,31-42,47H2,1-2H3,(H,49,50)(H,51,52)/b7-5-,13-11-,19-17-,22-21-,25-24-,30-28-. The van der Waals surface area contributed by atoms with Gasteiger partial charge in [-0.3, -0.25) is 18.6 Å². The van der Waals surface area contributed by atoms with Crippen molar-refractivity contribution in [2.75, 3.05) is 26.4 Å². The van der Waals surface area contributed by atoms with Gasteiger partial charge >= 0.3 is 19.8 Å². The van der Waals surface area contributed by atoms with Gasteiger partial charge in [0.1, 0.15) is 12.1 Å². The van der Waals surface area contributed by atoms with E-state index in [0.29, 0.717) is 13.0 Å². The minimum Gasteiger partial charge on any atom is -0.480 e. The molecule has 0 aromatic carbocycles. The molecule has 0 aliphatic carbocycles. The lowest BCUT2D eigenvalue weighted by molar-refractivity contribution is -0.154. The average molecular weight is 822 g/mol. The molecule has 0 aromatic rings. The first-order valence-electron chi connectivity index (χ1n) is 22.0. The molecule has 0 fully saturated rings. The summed E-state index contributed by atoms with van der Waals surface area (Å²) in [5.41, 5.74) is 5.35. The first-order chi connectivity index (χ1) is 27.7. The number of hydrogen-bond donors (Lipinski definition) is 3. The summed E-state index contributed by atoms with van der Waals surface area (Å²) in [5, 5.41) is 8.89. The third kappa shape index (κ3) is 41.4. The molecule has 0 aromatic heterocycles. The lowest BCUT2D eigenvalue weighted by Gasteiger charge is -2.20. The zero-order valence-electron chi connectivity index (χ0n) is 35.7. The van der Waals surface area contributed by atoms with Crippen molar-refractivity contribution in [2.24, 2.45) is 5.73 Å². The summed E-state index contributed by atoms with van der Waals surface area (Å²) in [6, 6.07) is -1.48. The molecule has 0 aliphatic rings. The number of hydrogen-bond acceptors (Lipinski definition) is 8. The maximum atomic E-state index is 12.6. The van der Waals surface area contributed by atoms with Crippen LogP contribution in [0.25, 0.3) is 0 Å². The zero-order chi connectivity index (χ0) is 41.9. The molecule has 0 radical (unpaired) electrons. The predicted octanol–water partition coefficient (Wildman–Crippen LogP) is 12.2. The first kappa shape index (κ1) is 54.4. The van der Waals surface area contributed by atoms with Crippen LogP contribution in [0.4, 0.5) is 0 Å². The van der Waals surface area contributed by atoms with Crippen molar-refractivity contribution in [1.82, 2.24) is 0 Å². The van der Waals surface area contributed by atoms with E-state index < -0.39 is 45.1 Å². The minimum atomic E-state index is -4.63. The largest absolute Gasteiger partial charge is 0.480 e. The second-order valence-corrected chi connectivity index (χ2v) is 15.9. The smallest absolute Gasteiger partial charge is 0.472 e. The van der Waals surface area contributed by atoms with Gasteiger partial charge in [0.15, 0.2) is 0 Å². The lowest BCUT2D eigenvalue weighted by Crippen LogP contribution is -2.34. The molecule has 4 N–H and O–H groups in total. The molecule has 10 nitrogen and oxygen atoms in total. The van der Waals surface area contributed by atoms with Crippen molar-refractivity contribution < 1.29 is 42.7 Å². The Hall–Kier alpha value is -2.59. The van der Waals surface area contributed by atoms with E-state index >= 15 is 0 Å². The van der Waals surface area contributed by atoms with E-state index in [1.165, 1.54) is 70.6 Å². The van der Waals surface area contributed by atoms with Gasteiger partial charge in [0, 0.05) is 13.0 Å². The SMILES string of the molecule is CC/C=C\C/C=C\C/C=C\C/C=C\C/C=C\C/C=C\CCCCC(=O)OC(COCCCCCCCCCCCCCCCC)COP(=O)(O)OCC(N)C(=O)O. The Morgan fingerprint density at radius 1 is 0.579 bits per heavy atom. The van der Waals surface area contributed by atoms with Gasteiger partial charge in [0.25, 0.3) is 0 Å². The third-order valence-electron chi connectivity index (χ3n) is 9.00. The third-order valence-corrected chi connectivity index (χ3v) is 9.95. The Kier molecular flexibility index (Phi) is 39.7. The minimum absolute atomic E-state index is 0.00262. The Morgan fingerprint density at radius 2 is 1.02 bits per heavy atom. The molecular weight excluding hydrogens is 741 g/mol. The van der Waals surface area contributed by atoms with Crippen LogP contribution in [0.5, 0.6) is 0 Å². The molecule has 3 atom stereocenters. The summed E-state index contributed by atoms with van der Waals surface area (Å²) in [4.78, 5) is 33.5. The van der Waals surface area contributed by atoms with Crippen LogP contribution in [-0.4, -0.2) is 60.5 Å². The summed E-state index contributed by atoms with van der Waals surface area (Å²) in [6.45, 7) is 3.71. The van der Waals surface area contributed by atoms with E-state index in [1.54, 1.807) is 0 Å². The van der Waals surface area contributed by atoms with Crippen molar-refractivity contribution in [3.05, 3.63) is 72.9 Å². The number of unbranched alkanes of at least 4 members (excludes halogenated alkanes) is 15. The summed E-state index contributed by atoms with van der Waals surface area (Å²) in [7, 11) is -4.63. The quantitative estimate of drug-likeness (QED) is 0.0235. The fraction of sp³-hybridized carbons (Fsp3) is 0.696. The van der Waals surface area contributed by atoms with Crippen molar-refractivity contribution in [3.8, 4) is 0 Å². The number of allylic oxidation sites excluding steroid dienone is 12. The molecule has 57 heavy (non-hydrogen) atoms. The second-order valence-electron chi connectivity index (χ2n) is 14.4. The fourth-order valence-corrected chi connectivity index (χ4v) is 6.38. The number of esters is 1. The number of nitrogens with two attached hydrogens (primary N) is 1. The number of carbonyl (C=O) groups excluding carboxylic acids is 1. The van der Waals surface area contributed by atoms with Gasteiger partial charge in [0.05, 0.1) is 19.8 Å². The van der Waals surface area contributed by atoms with E-state index in [-0.39, 0.29) is 13.0 Å². The summed E-state index contributed by atoms with van der Waals surface area (Å²) >= 11 is 0. The van der Waals surface area contributed by atoms with Crippen molar-refractivity contribution in [2.45, 2.75) is 180 Å². The van der Waals surface area contributed by atoms with E-state index in [1.807, 2.05) is 0 Å². The van der Waals surface area contributed by atoms with Crippen LogP contribution in [0.2, 0.25) is 0 Å². The van der Waals surface area contributed by atoms with Crippen LogP contribution in [0.15, 0.2) is 72.9 Å². The van der Waals surface area contributed by atoms with Crippen LogP contribution in [-0.2, 0) is 32.7 Å². The number of ether oxygens (including phenoxy) is 2. The molecule has 0 spiro atoms. The van der Waals surface area contributed by atoms with Crippen LogP contribution in [0.1, 0.15) is 168 Å². The second kappa shape index (κ2) is 41.6. The topological polar surface area (TPSA) is 155 Å². The van der Waals surface area contributed by atoms with Gasteiger partial charge < -0.3 is 25.2 Å². The number of rotatable bonds is 41. The Balaban J connectivity index is 4.34. The van der Waals surface area contributed by atoms with Gasteiger partial charge in [0.2, 0.25) is 0 Å². The maximum absolute atomic E-state index is 12.6. The van der Waals surface area contributed by atoms with Crippen molar-refractivity contribution in [1.29, 1.82) is 0 Å². The summed E-state index contributed by atoms with van der Waals surface area (Å²) < 4.78 is 33.3. The molecule has 0 saturated heterocycles. The zero-order valence-corrected chi connectivity index (χ0v) is 36.6. The molecule has 0 aliphatic heterocycles. The van der Waals surface area contributed by atoms with Crippen LogP contribution >= 0.6 is 7.82 Å². The number of carboxylic acids is 1. The molecule has 0 saturated carbocycles. The van der Waals surface area contributed by atoms with E-state index in [4.69, 9.17) is 29.4 Å². The highest BCUT2D eigenvalue weighted by Crippen LogP contribution is 2.43. The van der Waals surface area contributed by atoms with Crippen LogP contribution in [0.3, 0.4) is 0 Å². The Morgan fingerprint density at radius 3 is 1.49 bits per heavy atom. The Labute approximate surface area is 346 Å². The normalized spacial score (nSPS) is 14.6. The van der Waals surface area contributed by atoms with Gasteiger partial charge in [-0.15, -0.1) is 0 Å². The molecule has 3 unspecified atom stereocenters. The van der Waals surface area contributed by atoms with Gasteiger partial charge in [-0.1, -0.05) is 170 Å². The molecule has 0 heterocycles. The molecular formula is C46H80NO9P. The van der Waals surface area contributed by atoms with Gasteiger partial charge in [-0.25, -0.2) is 4.57 Å². The van der Waals surface area contributed by atoms with E-state index in [0.717, 1.165) is 70.6 Å². The van der Waals surface area contributed by atoms with E-state index in [9.17, 15) is 19.0 Å². The number of phosphoric ester groups is 1. The summed E-state index contributed by atoms with van der Waals surface area (Å²) in [5.74, 6) is -1.83. The lowest BCUT2D eigenvalue weighted by atomic mass is 10.0. The fourth-order valence-electron chi connectivity index (χ4n) is 5.61. The van der Waals surface area contributed by atoms with Crippen molar-refractivity contribution in [3.63, 3.8) is 0 Å². The van der Waals surface area contributed by atoms with E-state index in [2.05, 4.69) is 86.8 Å². The number of carboxylic acid groups (broad SMARTS) is 1. The highest BCUT2D eigenvalue weighted by molar-refractivity contribution is 7.47. The first-order valence-corrected chi connectivity index (χ1v) is 23.5. The molecule has 328 valence electrons. The molecule has 0 bridgehead atoms. The predicted molar refractivity (Wildman–Crippen MR) is 235 cm³/mol. The average Bonchev–Trinajstić information content (AvgIpc) is 3.19. The molecule has 0 amide bonds. The highest BCUT2D eigenvalue weighted by Gasteiger charge is 2.27. The highest BCUT2D eigenvalue weighted by atomic mass is 31.2. The number of phosphoric acid groups is 1. The molecule has 11 heteroatoms. The maximum Gasteiger partial charge on any atom is 0.472 e. The monoisotopic (exact) mass is 822 g/mol. The van der Waals surface area contributed by atoms with Crippen LogP contribution in [0, 0.1) is 0 Å². The van der Waals surface area contributed by atoms with Crippen LogP contribution < -0.4 is 5.73 Å². The van der Waals surface area contributed by atoms with Crippen molar-refractivity contribution >= 4 is 19.8 Å². The number of aliphatic carboxylic acids is 1. The number of carbonyl (C=O) groups is 2. The molecule has 0 rings (SSSR count).